The molecule has 1 spiro atoms. The van der Waals surface area contributed by atoms with Gasteiger partial charge in [0.05, 0.1) is 12.2 Å². The molecule has 32 heavy (non-hydrogen) atoms. The Kier molecular flexibility index (Phi) is 4.74. The summed E-state index contributed by atoms with van der Waals surface area (Å²) in [5.74, 6) is 3.60. The predicted molar refractivity (Wildman–Crippen MR) is 129 cm³/mol. The van der Waals surface area contributed by atoms with Crippen LogP contribution in [0.3, 0.4) is 0 Å². The van der Waals surface area contributed by atoms with Gasteiger partial charge < -0.3 is 9.64 Å². The summed E-state index contributed by atoms with van der Waals surface area (Å²) in [6, 6.07) is 9.36. The van der Waals surface area contributed by atoms with Crippen LogP contribution in [0.25, 0.3) is 0 Å². The highest BCUT2D eigenvalue weighted by molar-refractivity contribution is 5.91. The van der Waals surface area contributed by atoms with Gasteiger partial charge in [0.15, 0.2) is 5.78 Å². The van der Waals surface area contributed by atoms with Crippen molar-refractivity contribution in [1.82, 2.24) is 0 Å². The Morgan fingerprint density at radius 2 is 1.84 bits per heavy atom. The first-order chi connectivity index (χ1) is 15.4. The molecule has 4 aliphatic carbocycles. The highest BCUT2D eigenvalue weighted by Gasteiger charge is 2.65. The van der Waals surface area contributed by atoms with Crippen molar-refractivity contribution in [2.24, 2.45) is 29.1 Å². The molecule has 0 amide bonds. The van der Waals surface area contributed by atoms with Crippen LogP contribution in [0.4, 0.5) is 5.69 Å². The number of hydrogen-bond acceptors (Lipinski definition) is 3. The second-order valence-electron chi connectivity index (χ2n) is 11.6. The molecule has 0 unspecified atom stereocenters. The number of carbonyl (C=O) groups excluding carboxylic acids is 1. The van der Waals surface area contributed by atoms with Gasteiger partial charge in [-0.15, -0.1) is 0 Å². The number of fused-ring (bicyclic) bond motifs is 6. The maximum Gasteiger partial charge on any atom is 0.155 e. The predicted octanol–water partition coefficient (Wildman–Crippen LogP) is 5.91. The van der Waals surface area contributed by atoms with Crippen molar-refractivity contribution in [2.75, 3.05) is 25.6 Å². The molecule has 6 rings (SSSR count). The first kappa shape index (κ1) is 20.7. The summed E-state index contributed by atoms with van der Waals surface area (Å²) < 4.78 is 6.54. The van der Waals surface area contributed by atoms with E-state index < -0.39 is 0 Å². The molecule has 1 heterocycles. The first-order valence-electron chi connectivity index (χ1n) is 12.7. The molecule has 1 aromatic carbocycles. The lowest BCUT2D eigenvalue weighted by Crippen LogP contribution is -2.54. The Bertz CT molecular complexity index is 975. The highest BCUT2D eigenvalue weighted by Crippen LogP contribution is 2.69. The van der Waals surface area contributed by atoms with E-state index in [4.69, 9.17) is 4.74 Å². The van der Waals surface area contributed by atoms with E-state index in [9.17, 15) is 4.79 Å². The third-order valence-corrected chi connectivity index (χ3v) is 10.1. The van der Waals surface area contributed by atoms with Gasteiger partial charge in [-0.3, -0.25) is 4.79 Å². The van der Waals surface area contributed by atoms with Gasteiger partial charge in [-0.25, -0.2) is 0 Å². The summed E-state index contributed by atoms with van der Waals surface area (Å²) in [5, 5.41) is 0. The van der Waals surface area contributed by atoms with Crippen LogP contribution in [0.15, 0.2) is 48.1 Å². The minimum Gasteiger partial charge on any atom is -0.378 e. The summed E-state index contributed by atoms with van der Waals surface area (Å²) in [6.45, 7) is 3.32. The van der Waals surface area contributed by atoms with Crippen molar-refractivity contribution in [2.45, 2.75) is 63.4 Å². The molecule has 3 fully saturated rings. The van der Waals surface area contributed by atoms with Gasteiger partial charge in [0.2, 0.25) is 0 Å². The van der Waals surface area contributed by atoms with Crippen molar-refractivity contribution >= 4 is 11.5 Å². The minimum atomic E-state index is -0.0664. The molecule has 0 saturated heterocycles. The molecule has 0 aromatic heterocycles. The van der Waals surface area contributed by atoms with Gasteiger partial charge in [0.25, 0.3) is 0 Å². The smallest absolute Gasteiger partial charge is 0.155 e. The second kappa shape index (κ2) is 7.32. The van der Waals surface area contributed by atoms with Gasteiger partial charge in [-0.05, 0) is 91.9 Å². The Morgan fingerprint density at radius 1 is 1.03 bits per heavy atom. The third kappa shape index (κ3) is 2.86. The normalized spacial score (nSPS) is 42.4. The summed E-state index contributed by atoms with van der Waals surface area (Å²) in [5.41, 5.74) is 4.34. The fourth-order valence-corrected chi connectivity index (χ4v) is 8.68. The third-order valence-electron chi connectivity index (χ3n) is 10.1. The van der Waals surface area contributed by atoms with Crippen LogP contribution in [0.1, 0.15) is 63.4 Å². The van der Waals surface area contributed by atoms with Gasteiger partial charge in [-0.2, -0.15) is 0 Å². The molecule has 0 N–H and O–H groups in total. The highest BCUT2D eigenvalue weighted by atomic mass is 16.5. The number of benzene rings is 1. The van der Waals surface area contributed by atoms with Crippen molar-refractivity contribution < 1.29 is 9.53 Å². The van der Waals surface area contributed by atoms with Crippen molar-refractivity contribution in [3.8, 4) is 0 Å². The Labute approximate surface area is 192 Å². The molecular formula is C29H37NO2. The largest absolute Gasteiger partial charge is 0.378 e. The van der Waals surface area contributed by atoms with Crippen LogP contribution >= 0.6 is 0 Å². The molecule has 3 saturated carbocycles. The number of rotatable bonds is 2. The zero-order chi connectivity index (χ0) is 22.1. The topological polar surface area (TPSA) is 29.5 Å². The number of hydrogen-bond donors (Lipinski definition) is 0. The second-order valence-corrected chi connectivity index (χ2v) is 11.6. The van der Waals surface area contributed by atoms with Crippen molar-refractivity contribution in [1.29, 1.82) is 0 Å². The number of ether oxygens (including phenoxy) is 1. The number of anilines is 1. The quantitative estimate of drug-likeness (QED) is 0.545. The molecule has 0 bridgehead atoms. The number of allylic oxidation sites excluding steroid dienone is 1. The molecule has 0 radical (unpaired) electrons. The maximum atomic E-state index is 12.2. The fourth-order valence-electron chi connectivity index (χ4n) is 8.68. The lowest BCUT2D eigenvalue weighted by molar-refractivity contribution is -0.122. The van der Waals surface area contributed by atoms with E-state index in [0.717, 1.165) is 37.7 Å². The Morgan fingerprint density at radius 3 is 2.56 bits per heavy atom. The first-order valence-corrected chi connectivity index (χ1v) is 12.7. The summed E-state index contributed by atoms with van der Waals surface area (Å²) in [7, 11) is 4.22. The van der Waals surface area contributed by atoms with E-state index in [1.165, 1.54) is 42.5 Å². The van der Waals surface area contributed by atoms with Gasteiger partial charge in [0.1, 0.15) is 0 Å². The van der Waals surface area contributed by atoms with Crippen molar-refractivity contribution in [3.05, 3.63) is 53.6 Å². The van der Waals surface area contributed by atoms with Crippen molar-refractivity contribution in [3.63, 3.8) is 0 Å². The fraction of sp³-hybridized carbons (Fsp3) is 0.621. The molecule has 3 heteroatoms. The molecule has 1 aliphatic heterocycles. The van der Waals surface area contributed by atoms with Crippen LogP contribution in [0.5, 0.6) is 0 Å². The maximum absolute atomic E-state index is 12.2. The zero-order valence-electron chi connectivity index (χ0n) is 19.8. The number of ketones is 1. The average molecular weight is 432 g/mol. The van der Waals surface area contributed by atoms with Gasteiger partial charge in [0, 0.05) is 31.6 Å². The summed E-state index contributed by atoms with van der Waals surface area (Å²) in [4.78, 5) is 14.4. The van der Waals surface area contributed by atoms with E-state index >= 15 is 0 Å². The number of carbonyl (C=O) groups is 1. The van der Waals surface area contributed by atoms with Crippen LogP contribution in [0.2, 0.25) is 0 Å². The van der Waals surface area contributed by atoms with E-state index in [-0.39, 0.29) is 11.0 Å². The zero-order valence-corrected chi connectivity index (χ0v) is 19.8. The Balaban J connectivity index is 1.44. The Hall–Kier alpha value is -1.87. The standard InChI is InChI=1S/C29H37NO2/c1-28-18-25(19-5-8-21(9-6-19)30(2)3)27-23-12-10-22(31)17-20(23)7-11-24(27)26(28)13-15-29(28)14-4-16-32-29/h4-6,8-9,14,17,23-27H,7,10-13,15-16,18H2,1-3H3/t23-,24-,25+,26-,27+,28-,29-/m0/s1. The monoisotopic (exact) mass is 431 g/mol. The van der Waals surface area contributed by atoms with Crippen LogP contribution < -0.4 is 4.90 Å². The lowest BCUT2D eigenvalue weighted by Gasteiger charge is -2.59. The lowest BCUT2D eigenvalue weighted by atomic mass is 9.46. The number of nitrogens with zero attached hydrogens (tertiary/aromatic N) is 1. The van der Waals surface area contributed by atoms with E-state index in [0.29, 0.717) is 23.5 Å². The van der Waals surface area contributed by atoms with Crippen LogP contribution in [-0.4, -0.2) is 32.1 Å². The molecule has 1 aromatic rings. The van der Waals surface area contributed by atoms with Gasteiger partial charge >= 0.3 is 0 Å². The summed E-state index contributed by atoms with van der Waals surface area (Å²) >= 11 is 0. The molecule has 170 valence electrons. The van der Waals surface area contributed by atoms with E-state index in [2.05, 4.69) is 62.3 Å². The molecule has 5 aliphatic rings. The minimum absolute atomic E-state index is 0.0664. The summed E-state index contributed by atoms with van der Waals surface area (Å²) in [6.07, 6.45) is 14.5. The van der Waals surface area contributed by atoms with E-state index in [1.807, 2.05) is 6.08 Å². The van der Waals surface area contributed by atoms with E-state index in [1.54, 1.807) is 0 Å². The average Bonchev–Trinajstić information content (AvgIpc) is 3.39. The SMILES string of the molecule is CN(C)c1ccc([C@H]2C[C@@]3(C)[C@@H](CC[C@@]34C=CCO4)[C@@H]3CCC4=CC(=O)CC[C@@H]4[C@H]32)cc1. The molecule has 7 atom stereocenters. The molecule has 3 nitrogen and oxygen atoms in total. The molecular weight excluding hydrogens is 394 g/mol. The van der Waals surface area contributed by atoms with Crippen LogP contribution in [-0.2, 0) is 9.53 Å². The van der Waals surface area contributed by atoms with Gasteiger partial charge in [-0.1, -0.05) is 36.8 Å². The van der Waals surface area contributed by atoms with Crippen LogP contribution in [0, 0.1) is 29.1 Å².